The molecule has 2 aromatic rings. The molecule has 2 aromatic heterocycles. The van der Waals surface area contributed by atoms with Gasteiger partial charge >= 0.3 is 5.97 Å². The Labute approximate surface area is 132 Å². The highest BCUT2D eigenvalue weighted by Crippen LogP contribution is 2.15. The van der Waals surface area contributed by atoms with Crippen LogP contribution < -0.4 is 10.9 Å². The van der Waals surface area contributed by atoms with E-state index in [2.05, 4.69) is 10.3 Å². The summed E-state index contributed by atoms with van der Waals surface area (Å²) in [5, 5.41) is 11.6. The first-order valence-corrected chi connectivity index (χ1v) is 7.31. The van der Waals surface area contributed by atoms with Crippen LogP contribution in [0.4, 0.5) is 0 Å². The third-order valence-corrected chi connectivity index (χ3v) is 3.44. The van der Waals surface area contributed by atoms with Gasteiger partial charge in [0.05, 0.1) is 17.9 Å². The molecule has 0 aliphatic rings. The number of hydrogen-bond donors (Lipinski definition) is 3. The van der Waals surface area contributed by atoms with Crippen molar-refractivity contribution in [3.63, 3.8) is 0 Å². The number of aromatic nitrogens is 1. The van der Waals surface area contributed by atoms with Crippen molar-refractivity contribution in [3.05, 3.63) is 46.4 Å². The Morgan fingerprint density at radius 2 is 2.13 bits per heavy atom. The molecule has 2 rings (SSSR count). The van der Waals surface area contributed by atoms with E-state index in [1.54, 1.807) is 18.2 Å². The largest absolute Gasteiger partial charge is 0.481 e. The molecule has 7 nitrogen and oxygen atoms in total. The van der Waals surface area contributed by atoms with Crippen LogP contribution in [0, 0.1) is 5.92 Å². The minimum Gasteiger partial charge on any atom is -0.481 e. The van der Waals surface area contributed by atoms with E-state index in [0.29, 0.717) is 24.3 Å². The summed E-state index contributed by atoms with van der Waals surface area (Å²) < 4.78 is 5.17. The molecule has 3 N–H and O–H groups in total. The van der Waals surface area contributed by atoms with Crippen LogP contribution in [0.15, 0.2) is 39.7 Å². The molecule has 7 heteroatoms. The molecule has 1 amide bonds. The Morgan fingerprint density at radius 1 is 1.35 bits per heavy atom. The van der Waals surface area contributed by atoms with Crippen LogP contribution in [0.5, 0.6) is 0 Å². The minimum absolute atomic E-state index is 0.0125. The van der Waals surface area contributed by atoms with Crippen molar-refractivity contribution in [1.82, 2.24) is 10.3 Å². The van der Waals surface area contributed by atoms with E-state index in [0.717, 1.165) is 0 Å². The van der Waals surface area contributed by atoms with Crippen LogP contribution in [0.25, 0.3) is 11.5 Å². The highest BCUT2D eigenvalue weighted by atomic mass is 16.4. The molecule has 0 bridgehead atoms. The molecule has 1 unspecified atom stereocenters. The van der Waals surface area contributed by atoms with Gasteiger partial charge in [0.15, 0.2) is 0 Å². The monoisotopic (exact) mass is 318 g/mol. The standard InChI is InChI=1S/C16H18N2O5/c1-2-4-10(16(21)22)9-17-14(19)11-6-7-12(18-15(11)20)13-5-3-8-23-13/h3,5-8,10H,2,4,9H2,1H3,(H,17,19)(H,18,20)(H,21,22). The third-order valence-electron chi connectivity index (χ3n) is 3.44. The summed E-state index contributed by atoms with van der Waals surface area (Å²) in [5.41, 5.74) is -0.161. The van der Waals surface area contributed by atoms with Crippen molar-refractivity contribution in [2.45, 2.75) is 19.8 Å². The second kappa shape index (κ2) is 7.44. The van der Waals surface area contributed by atoms with E-state index in [1.807, 2.05) is 6.92 Å². The number of hydrogen-bond acceptors (Lipinski definition) is 4. The maximum Gasteiger partial charge on any atom is 0.308 e. The number of carboxylic acid groups (broad SMARTS) is 1. The molecule has 0 aliphatic heterocycles. The Hall–Kier alpha value is -2.83. The van der Waals surface area contributed by atoms with Gasteiger partial charge in [-0.05, 0) is 30.7 Å². The third kappa shape index (κ3) is 4.09. The lowest BCUT2D eigenvalue weighted by molar-refractivity contribution is -0.141. The first-order valence-electron chi connectivity index (χ1n) is 7.31. The predicted octanol–water partition coefficient (Wildman–Crippen LogP) is 1.87. The molecule has 0 aliphatic carbocycles. The van der Waals surface area contributed by atoms with Crippen molar-refractivity contribution >= 4 is 11.9 Å². The van der Waals surface area contributed by atoms with Gasteiger partial charge in [-0.2, -0.15) is 0 Å². The van der Waals surface area contributed by atoms with Crippen LogP contribution in [0.3, 0.4) is 0 Å². The maximum atomic E-state index is 12.0. The zero-order valence-corrected chi connectivity index (χ0v) is 12.7. The van der Waals surface area contributed by atoms with Gasteiger partial charge in [-0.15, -0.1) is 0 Å². The van der Waals surface area contributed by atoms with Gasteiger partial charge in [0.2, 0.25) is 0 Å². The van der Waals surface area contributed by atoms with Gasteiger partial charge in [0.1, 0.15) is 11.3 Å². The second-order valence-electron chi connectivity index (χ2n) is 5.13. The Balaban J connectivity index is 2.08. The zero-order valence-electron chi connectivity index (χ0n) is 12.7. The zero-order chi connectivity index (χ0) is 16.8. The fourth-order valence-corrected chi connectivity index (χ4v) is 2.20. The van der Waals surface area contributed by atoms with Gasteiger partial charge in [-0.3, -0.25) is 14.4 Å². The number of rotatable bonds is 7. The van der Waals surface area contributed by atoms with E-state index in [9.17, 15) is 14.4 Å². The van der Waals surface area contributed by atoms with Crippen LogP contribution in [0.2, 0.25) is 0 Å². The lowest BCUT2D eigenvalue weighted by Gasteiger charge is -2.12. The van der Waals surface area contributed by atoms with Crippen molar-refractivity contribution in [3.8, 4) is 11.5 Å². The molecule has 122 valence electrons. The minimum atomic E-state index is -0.964. The van der Waals surface area contributed by atoms with Crippen LogP contribution in [0.1, 0.15) is 30.1 Å². The number of carbonyl (C=O) groups excluding carboxylic acids is 1. The smallest absolute Gasteiger partial charge is 0.308 e. The Morgan fingerprint density at radius 3 is 2.70 bits per heavy atom. The lowest BCUT2D eigenvalue weighted by Crippen LogP contribution is -2.35. The lowest BCUT2D eigenvalue weighted by atomic mass is 10.0. The number of aliphatic carboxylic acids is 1. The molecule has 0 radical (unpaired) electrons. The molecular formula is C16H18N2O5. The van der Waals surface area contributed by atoms with E-state index in [-0.39, 0.29) is 12.1 Å². The normalized spacial score (nSPS) is 11.9. The highest BCUT2D eigenvalue weighted by molar-refractivity contribution is 5.94. The van der Waals surface area contributed by atoms with Crippen molar-refractivity contribution in [1.29, 1.82) is 0 Å². The highest BCUT2D eigenvalue weighted by Gasteiger charge is 2.19. The van der Waals surface area contributed by atoms with Gasteiger partial charge in [-0.25, -0.2) is 0 Å². The summed E-state index contributed by atoms with van der Waals surface area (Å²) in [4.78, 5) is 37.7. The van der Waals surface area contributed by atoms with Crippen molar-refractivity contribution in [2.24, 2.45) is 5.92 Å². The molecule has 0 aromatic carbocycles. The fourth-order valence-electron chi connectivity index (χ4n) is 2.20. The molecule has 1 atom stereocenters. The summed E-state index contributed by atoms with van der Waals surface area (Å²) in [6, 6.07) is 6.33. The SMILES string of the molecule is CCCC(CNC(=O)c1ccc(-c2ccco2)[nH]c1=O)C(=O)O. The average molecular weight is 318 g/mol. The Kier molecular flexibility index (Phi) is 5.35. The van der Waals surface area contributed by atoms with Crippen molar-refractivity contribution < 1.29 is 19.1 Å². The van der Waals surface area contributed by atoms with Gasteiger partial charge < -0.3 is 19.8 Å². The van der Waals surface area contributed by atoms with Crippen molar-refractivity contribution in [2.75, 3.05) is 6.54 Å². The number of amides is 1. The van der Waals surface area contributed by atoms with E-state index >= 15 is 0 Å². The molecule has 2 heterocycles. The summed E-state index contributed by atoms with van der Waals surface area (Å²) in [6.45, 7) is 1.86. The summed E-state index contributed by atoms with van der Waals surface area (Å²) in [5.74, 6) is -1.73. The Bertz CT molecular complexity index is 733. The first-order chi connectivity index (χ1) is 11.0. The summed E-state index contributed by atoms with van der Waals surface area (Å²) >= 11 is 0. The summed E-state index contributed by atoms with van der Waals surface area (Å²) in [6.07, 6.45) is 2.64. The average Bonchev–Trinajstić information content (AvgIpc) is 3.05. The molecule has 0 saturated carbocycles. The van der Waals surface area contributed by atoms with Crippen LogP contribution in [-0.2, 0) is 4.79 Å². The maximum absolute atomic E-state index is 12.0. The van der Waals surface area contributed by atoms with Crippen LogP contribution in [-0.4, -0.2) is 28.5 Å². The topological polar surface area (TPSA) is 112 Å². The quantitative estimate of drug-likeness (QED) is 0.721. The molecule has 0 saturated heterocycles. The molecule has 0 fully saturated rings. The number of H-pyrrole nitrogens is 1. The van der Waals surface area contributed by atoms with E-state index < -0.39 is 23.4 Å². The second-order valence-corrected chi connectivity index (χ2v) is 5.13. The number of carboxylic acids is 1. The van der Waals surface area contributed by atoms with E-state index in [4.69, 9.17) is 9.52 Å². The van der Waals surface area contributed by atoms with Crippen LogP contribution >= 0.6 is 0 Å². The fraction of sp³-hybridized carbons (Fsp3) is 0.312. The van der Waals surface area contributed by atoms with E-state index in [1.165, 1.54) is 12.3 Å². The van der Waals surface area contributed by atoms with Gasteiger partial charge in [0.25, 0.3) is 11.5 Å². The number of pyridine rings is 1. The summed E-state index contributed by atoms with van der Waals surface area (Å²) in [7, 11) is 0. The van der Waals surface area contributed by atoms with Gasteiger partial charge in [-0.1, -0.05) is 13.3 Å². The number of aromatic amines is 1. The predicted molar refractivity (Wildman–Crippen MR) is 83.1 cm³/mol. The first kappa shape index (κ1) is 16.5. The van der Waals surface area contributed by atoms with Gasteiger partial charge in [0, 0.05) is 6.54 Å². The number of nitrogens with one attached hydrogen (secondary N) is 2. The molecular weight excluding hydrogens is 300 g/mol. The molecule has 23 heavy (non-hydrogen) atoms. The number of furan rings is 1. The number of carbonyl (C=O) groups is 2. The molecule has 0 spiro atoms.